The van der Waals surface area contributed by atoms with Crippen molar-refractivity contribution in [2.45, 2.75) is 27.2 Å². The third-order valence-corrected chi connectivity index (χ3v) is 3.05. The molecule has 0 saturated carbocycles. The van der Waals surface area contributed by atoms with E-state index in [0.717, 1.165) is 35.1 Å². The molecular weight excluding hydrogens is 236 g/mol. The van der Waals surface area contributed by atoms with Gasteiger partial charge in [-0.3, -0.25) is 0 Å². The normalized spacial score (nSPS) is 10.7. The van der Waals surface area contributed by atoms with Crippen LogP contribution in [0.2, 0.25) is 0 Å². The summed E-state index contributed by atoms with van der Waals surface area (Å²) in [7, 11) is 0. The lowest BCUT2D eigenvalue weighted by atomic mass is 10.1. The number of nitrogens with one attached hydrogen (secondary N) is 1. The van der Waals surface area contributed by atoms with E-state index in [1.807, 2.05) is 25.1 Å². The Balaban J connectivity index is 2.42. The molecule has 1 aromatic carbocycles. The van der Waals surface area contributed by atoms with Gasteiger partial charge in [0.05, 0.1) is 11.2 Å². The van der Waals surface area contributed by atoms with Crippen molar-refractivity contribution in [3.63, 3.8) is 0 Å². The zero-order valence-electron chi connectivity index (χ0n) is 11.6. The van der Waals surface area contributed by atoms with Crippen LogP contribution in [0, 0.1) is 24.2 Å². The molecule has 0 saturated heterocycles. The molecule has 4 heteroatoms. The Bertz CT molecular complexity index is 626. The van der Waals surface area contributed by atoms with Gasteiger partial charge in [-0.05, 0) is 31.4 Å². The number of nitrogens with zero attached hydrogens (tertiary/aromatic N) is 3. The fourth-order valence-corrected chi connectivity index (χ4v) is 1.96. The van der Waals surface area contributed by atoms with E-state index in [-0.39, 0.29) is 0 Å². The van der Waals surface area contributed by atoms with E-state index in [9.17, 15) is 0 Å². The Morgan fingerprint density at radius 2 is 2.11 bits per heavy atom. The van der Waals surface area contributed by atoms with Crippen LogP contribution < -0.4 is 5.32 Å². The summed E-state index contributed by atoms with van der Waals surface area (Å²) in [4.78, 5) is 0. The van der Waals surface area contributed by atoms with Crippen molar-refractivity contribution >= 4 is 16.6 Å². The lowest BCUT2D eigenvalue weighted by molar-refractivity contribution is 0.607. The summed E-state index contributed by atoms with van der Waals surface area (Å²) in [6.07, 6.45) is 1.06. The zero-order chi connectivity index (χ0) is 13.8. The molecule has 2 aromatic rings. The number of hydrogen-bond acceptors (Lipinski definition) is 4. The van der Waals surface area contributed by atoms with Gasteiger partial charge in [-0.25, -0.2) is 0 Å². The summed E-state index contributed by atoms with van der Waals surface area (Å²) in [5, 5.41) is 21.5. The highest BCUT2D eigenvalue weighted by Gasteiger charge is 2.10. The highest BCUT2D eigenvalue weighted by Crippen LogP contribution is 2.25. The molecule has 1 heterocycles. The molecule has 0 radical (unpaired) electrons. The second-order valence-electron chi connectivity index (χ2n) is 5.17. The number of anilines is 1. The maximum atomic E-state index is 9.16. The lowest BCUT2D eigenvalue weighted by Gasteiger charge is -2.11. The van der Waals surface area contributed by atoms with Gasteiger partial charge in [-0.1, -0.05) is 25.5 Å². The predicted molar refractivity (Wildman–Crippen MR) is 76.9 cm³/mol. The van der Waals surface area contributed by atoms with E-state index in [0.29, 0.717) is 11.6 Å². The highest BCUT2D eigenvalue weighted by atomic mass is 15.1. The van der Waals surface area contributed by atoms with Crippen LogP contribution in [0.4, 0.5) is 5.69 Å². The second kappa shape index (κ2) is 5.66. The first-order valence-electron chi connectivity index (χ1n) is 6.53. The van der Waals surface area contributed by atoms with Crippen molar-refractivity contribution < 1.29 is 0 Å². The van der Waals surface area contributed by atoms with Crippen LogP contribution in [0.25, 0.3) is 10.9 Å². The van der Waals surface area contributed by atoms with Gasteiger partial charge >= 0.3 is 0 Å². The molecule has 0 fully saturated rings. The van der Waals surface area contributed by atoms with Gasteiger partial charge < -0.3 is 5.32 Å². The van der Waals surface area contributed by atoms with E-state index >= 15 is 0 Å². The number of benzene rings is 1. The fraction of sp³-hybridized carbons (Fsp3) is 0.400. The van der Waals surface area contributed by atoms with Crippen molar-refractivity contribution in [3.8, 4) is 6.07 Å². The number of aromatic nitrogens is 2. The molecule has 0 unspecified atom stereocenters. The molecule has 0 atom stereocenters. The quantitative estimate of drug-likeness (QED) is 0.909. The van der Waals surface area contributed by atoms with E-state index < -0.39 is 0 Å². The number of rotatable bonds is 4. The molecule has 0 bridgehead atoms. The Morgan fingerprint density at radius 1 is 1.32 bits per heavy atom. The van der Waals surface area contributed by atoms with Crippen LogP contribution in [0.1, 0.15) is 31.5 Å². The maximum absolute atomic E-state index is 9.16. The van der Waals surface area contributed by atoms with E-state index in [1.54, 1.807) is 0 Å². The van der Waals surface area contributed by atoms with Crippen LogP contribution in [0.3, 0.4) is 0 Å². The van der Waals surface area contributed by atoms with Crippen LogP contribution in [0.5, 0.6) is 0 Å². The summed E-state index contributed by atoms with van der Waals surface area (Å²) in [6.45, 7) is 7.23. The topological polar surface area (TPSA) is 61.6 Å². The minimum Gasteiger partial charge on any atom is -0.382 e. The molecule has 1 N–H and O–H groups in total. The first kappa shape index (κ1) is 13.3. The van der Waals surface area contributed by atoms with Gasteiger partial charge in [-0.2, -0.15) is 5.26 Å². The van der Waals surface area contributed by atoms with Crippen LogP contribution in [-0.2, 0) is 0 Å². The molecule has 98 valence electrons. The number of aryl methyl sites for hydroxylation is 1. The van der Waals surface area contributed by atoms with E-state index in [4.69, 9.17) is 5.26 Å². The highest BCUT2D eigenvalue weighted by molar-refractivity contribution is 5.93. The number of hydrogen-bond donors (Lipinski definition) is 1. The van der Waals surface area contributed by atoms with Gasteiger partial charge in [0.2, 0.25) is 0 Å². The molecular formula is C15H18N4. The molecule has 2 rings (SSSR count). The zero-order valence-corrected chi connectivity index (χ0v) is 11.6. The Hall–Kier alpha value is -2.15. The second-order valence-corrected chi connectivity index (χ2v) is 5.17. The first-order chi connectivity index (χ1) is 9.11. The Labute approximate surface area is 113 Å². The summed E-state index contributed by atoms with van der Waals surface area (Å²) in [5.41, 5.74) is 3.13. The molecule has 0 aliphatic carbocycles. The average molecular weight is 254 g/mol. The monoisotopic (exact) mass is 254 g/mol. The van der Waals surface area contributed by atoms with E-state index in [1.165, 1.54) is 0 Å². The molecule has 19 heavy (non-hydrogen) atoms. The number of fused-ring (bicyclic) bond motifs is 1. The van der Waals surface area contributed by atoms with Crippen molar-refractivity contribution in [2.24, 2.45) is 5.92 Å². The van der Waals surface area contributed by atoms with Crippen LogP contribution >= 0.6 is 0 Å². The fourth-order valence-electron chi connectivity index (χ4n) is 1.96. The first-order valence-corrected chi connectivity index (χ1v) is 6.53. The molecule has 1 aromatic heterocycles. The average Bonchev–Trinajstić information content (AvgIpc) is 2.38. The summed E-state index contributed by atoms with van der Waals surface area (Å²) in [5.74, 6) is 0.626. The minimum absolute atomic E-state index is 0.363. The van der Waals surface area contributed by atoms with Crippen molar-refractivity contribution in [3.05, 3.63) is 29.5 Å². The number of nitriles is 1. The van der Waals surface area contributed by atoms with Crippen molar-refractivity contribution in [1.29, 1.82) is 5.26 Å². The summed E-state index contributed by atoms with van der Waals surface area (Å²) >= 11 is 0. The largest absolute Gasteiger partial charge is 0.382 e. The molecule has 0 amide bonds. The van der Waals surface area contributed by atoms with Gasteiger partial charge in [0.15, 0.2) is 5.69 Å². The van der Waals surface area contributed by atoms with Gasteiger partial charge in [0.1, 0.15) is 6.07 Å². The summed E-state index contributed by atoms with van der Waals surface area (Å²) in [6, 6.07) is 8.09. The van der Waals surface area contributed by atoms with Crippen LogP contribution in [0.15, 0.2) is 18.2 Å². The minimum atomic E-state index is 0.363. The Kier molecular flexibility index (Phi) is 3.96. The summed E-state index contributed by atoms with van der Waals surface area (Å²) < 4.78 is 0. The lowest BCUT2D eigenvalue weighted by Crippen LogP contribution is -2.08. The van der Waals surface area contributed by atoms with Crippen LogP contribution in [-0.4, -0.2) is 16.7 Å². The van der Waals surface area contributed by atoms with Gasteiger partial charge in [0, 0.05) is 11.9 Å². The molecule has 0 aliphatic heterocycles. The van der Waals surface area contributed by atoms with Gasteiger partial charge in [-0.15, -0.1) is 10.2 Å². The molecule has 0 aliphatic rings. The standard InChI is InChI=1S/C15H18N4/c1-10(2)6-7-17-15-12-8-11(3)4-5-13(12)18-19-14(15)9-16/h4-5,8,10H,6-7H2,1-3H3,(H,17,18). The SMILES string of the molecule is Cc1ccc2nnc(C#N)c(NCCC(C)C)c2c1. The molecule has 4 nitrogen and oxygen atoms in total. The van der Waals surface area contributed by atoms with Crippen molar-refractivity contribution in [2.75, 3.05) is 11.9 Å². The maximum Gasteiger partial charge on any atom is 0.186 e. The molecule has 0 spiro atoms. The van der Waals surface area contributed by atoms with E-state index in [2.05, 4.69) is 35.4 Å². The smallest absolute Gasteiger partial charge is 0.186 e. The third-order valence-electron chi connectivity index (χ3n) is 3.05. The third kappa shape index (κ3) is 3.00. The predicted octanol–water partition coefficient (Wildman–Crippen LogP) is 3.27. The Morgan fingerprint density at radius 3 is 2.79 bits per heavy atom. The van der Waals surface area contributed by atoms with Gasteiger partial charge in [0.25, 0.3) is 0 Å². The van der Waals surface area contributed by atoms with Crippen molar-refractivity contribution in [1.82, 2.24) is 10.2 Å².